The SMILES string of the molecule is COc1ccccc1N1CCN(C(=O)CSc2nnc(C)n2-c2cc(C)ccc2C)CC1. The molecule has 1 aliphatic heterocycles. The lowest BCUT2D eigenvalue weighted by atomic mass is 10.1. The number of hydrogen-bond acceptors (Lipinski definition) is 6. The molecule has 7 nitrogen and oxygen atoms in total. The fourth-order valence-electron chi connectivity index (χ4n) is 3.98. The number of carbonyl (C=O) groups excluding carboxylic acids is 1. The highest BCUT2D eigenvalue weighted by molar-refractivity contribution is 7.99. The second-order valence-corrected chi connectivity index (χ2v) is 8.93. The Hall–Kier alpha value is -3.00. The molecular formula is C24H29N5O2S. The first-order valence-corrected chi connectivity index (χ1v) is 11.7. The van der Waals surface area contributed by atoms with E-state index in [4.69, 9.17) is 4.74 Å². The van der Waals surface area contributed by atoms with Crippen LogP contribution >= 0.6 is 11.8 Å². The first-order chi connectivity index (χ1) is 15.5. The van der Waals surface area contributed by atoms with Crippen LogP contribution in [-0.4, -0.2) is 64.6 Å². The molecule has 0 bridgehead atoms. The van der Waals surface area contributed by atoms with E-state index in [2.05, 4.69) is 53.2 Å². The van der Waals surface area contributed by atoms with Crippen LogP contribution in [0.2, 0.25) is 0 Å². The molecule has 8 heteroatoms. The molecule has 1 amide bonds. The van der Waals surface area contributed by atoms with E-state index in [1.165, 1.54) is 17.3 Å². The van der Waals surface area contributed by atoms with Crippen molar-refractivity contribution in [1.82, 2.24) is 19.7 Å². The van der Waals surface area contributed by atoms with E-state index in [9.17, 15) is 4.79 Å². The fourth-order valence-corrected chi connectivity index (χ4v) is 4.87. The number of hydrogen-bond donors (Lipinski definition) is 0. The summed E-state index contributed by atoms with van der Waals surface area (Å²) in [5, 5.41) is 9.34. The average Bonchev–Trinajstić information content (AvgIpc) is 3.19. The molecule has 0 N–H and O–H groups in total. The monoisotopic (exact) mass is 451 g/mol. The van der Waals surface area contributed by atoms with Crippen molar-refractivity contribution in [3.8, 4) is 11.4 Å². The van der Waals surface area contributed by atoms with Crippen LogP contribution in [0.3, 0.4) is 0 Å². The van der Waals surface area contributed by atoms with Crippen molar-refractivity contribution in [3.05, 3.63) is 59.4 Å². The van der Waals surface area contributed by atoms with E-state index in [1.54, 1.807) is 7.11 Å². The number of aromatic nitrogens is 3. The van der Waals surface area contributed by atoms with E-state index in [0.29, 0.717) is 18.8 Å². The Kier molecular flexibility index (Phi) is 6.69. The zero-order valence-corrected chi connectivity index (χ0v) is 19.9. The minimum atomic E-state index is 0.128. The molecule has 32 heavy (non-hydrogen) atoms. The topological polar surface area (TPSA) is 63.5 Å². The van der Waals surface area contributed by atoms with Crippen LogP contribution in [-0.2, 0) is 4.79 Å². The van der Waals surface area contributed by atoms with Gasteiger partial charge in [-0.3, -0.25) is 9.36 Å². The third-order valence-electron chi connectivity index (χ3n) is 5.78. The molecule has 1 aliphatic rings. The molecule has 1 fully saturated rings. The smallest absolute Gasteiger partial charge is 0.233 e. The Morgan fingerprint density at radius 1 is 1.00 bits per heavy atom. The van der Waals surface area contributed by atoms with Gasteiger partial charge in [0.15, 0.2) is 5.16 Å². The standard InChI is InChI=1S/C24H29N5O2S/c1-17-9-10-18(2)21(15-17)29-19(3)25-26-24(29)32-16-23(30)28-13-11-27(12-14-28)20-7-5-6-8-22(20)31-4/h5-10,15H,11-14,16H2,1-4H3. The van der Waals surface area contributed by atoms with Crippen molar-refractivity contribution >= 4 is 23.4 Å². The summed E-state index contributed by atoms with van der Waals surface area (Å²) in [5.41, 5.74) is 4.47. The number of methoxy groups -OCH3 is 1. The lowest BCUT2D eigenvalue weighted by Crippen LogP contribution is -2.49. The van der Waals surface area contributed by atoms with E-state index in [0.717, 1.165) is 46.8 Å². The molecule has 0 unspecified atom stereocenters. The predicted octanol–water partition coefficient (Wildman–Crippen LogP) is 3.64. The van der Waals surface area contributed by atoms with Gasteiger partial charge in [-0.25, -0.2) is 0 Å². The van der Waals surface area contributed by atoms with Gasteiger partial charge in [-0.2, -0.15) is 0 Å². The first-order valence-electron chi connectivity index (χ1n) is 10.8. The minimum absolute atomic E-state index is 0.128. The number of anilines is 1. The third-order valence-corrected chi connectivity index (χ3v) is 6.70. The van der Waals surface area contributed by atoms with Crippen LogP contribution in [0, 0.1) is 20.8 Å². The molecule has 2 aromatic carbocycles. The van der Waals surface area contributed by atoms with Crippen molar-refractivity contribution < 1.29 is 9.53 Å². The number of amides is 1. The van der Waals surface area contributed by atoms with Gasteiger partial charge >= 0.3 is 0 Å². The summed E-state index contributed by atoms with van der Waals surface area (Å²) >= 11 is 1.45. The molecule has 1 saturated heterocycles. The minimum Gasteiger partial charge on any atom is -0.495 e. The molecule has 0 radical (unpaired) electrons. The molecule has 2 heterocycles. The number of aryl methyl sites for hydroxylation is 3. The normalized spacial score (nSPS) is 14.0. The van der Waals surface area contributed by atoms with E-state index >= 15 is 0 Å². The van der Waals surface area contributed by atoms with Crippen molar-refractivity contribution in [1.29, 1.82) is 0 Å². The number of para-hydroxylation sites is 2. The lowest BCUT2D eigenvalue weighted by Gasteiger charge is -2.36. The molecule has 0 aliphatic carbocycles. The zero-order valence-electron chi connectivity index (χ0n) is 19.0. The summed E-state index contributed by atoms with van der Waals surface area (Å²) in [4.78, 5) is 17.1. The molecule has 0 spiro atoms. The van der Waals surface area contributed by atoms with Crippen LogP contribution in [0.4, 0.5) is 5.69 Å². The molecule has 3 aromatic rings. The summed E-state index contributed by atoms with van der Waals surface area (Å²) in [5.74, 6) is 2.16. The lowest BCUT2D eigenvalue weighted by molar-refractivity contribution is -0.128. The second-order valence-electron chi connectivity index (χ2n) is 7.98. The van der Waals surface area contributed by atoms with Gasteiger partial charge in [0.05, 0.1) is 24.2 Å². The maximum absolute atomic E-state index is 12.9. The number of rotatable bonds is 6. The summed E-state index contributed by atoms with van der Waals surface area (Å²) in [6, 6.07) is 14.4. The van der Waals surface area contributed by atoms with E-state index in [-0.39, 0.29) is 5.91 Å². The van der Waals surface area contributed by atoms with Gasteiger partial charge in [0.2, 0.25) is 5.91 Å². The highest BCUT2D eigenvalue weighted by atomic mass is 32.2. The largest absolute Gasteiger partial charge is 0.495 e. The van der Waals surface area contributed by atoms with Gasteiger partial charge in [0.25, 0.3) is 0 Å². The summed E-state index contributed by atoms with van der Waals surface area (Å²) in [6.07, 6.45) is 0. The molecule has 0 atom stereocenters. The first kappa shape index (κ1) is 22.2. The molecule has 4 rings (SSSR count). The van der Waals surface area contributed by atoms with Gasteiger partial charge in [-0.1, -0.05) is 36.0 Å². The van der Waals surface area contributed by atoms with Crippen LogP contribution in [0.5, 0.6) is 5.75 Å². The van der Waals surface area contributed by atoms with Gasteiger partial charge in [0, 0.05) is 26.2 Å². The zero-order chi connectivity index (χ0) is 22.7. The maximum Gasteiger partial charge on any atom is 0.233 e. The second kappa shape index (κ2) is 9.65. The highest BCUT2D eigenvalue weighted by Gasteiger charge is 2.24. The van der Waals surface area contributed by atoms with Crippen LogP contribution in [0.1, 0.15) is 17.0 Å². The summed E-state index contributed by atoms with van der Waals surface area (Å²) in [7, 11) is 1.69. The van der Waals surface area contributed by atoms with Gasteiger partial charge < -0.3 is 14.5 Å². The third kappa shape index (κ3) is 4.60. The van der Waals surface area contributed by atoms with Crippen LogP contribution < -0.4 is 9.64 Å². The Bertz CT molecular complexity index is 1110. The average molecular weight is 452 g/mol. The van der Waals surface area contributed by atoms with E-state index in [1.807, 2.05) is 34.6 Å². The number of carbonyl (C=O) groups is 1. The van der Waals surface area contributed by atoms with Crippen LogP contribution in [0.25, 0.3) is 5.69 Å². The highest BCUT2D eigenvalue weighted by Crippen LogP contribution is 2.29. The number of thioether (sulfide) groups is 1. The molecule has 168 valence electrons. The molecular weight excluding hydrogens is 422 g/mol. The number of nitrogens with zero attached hydrogens (tertiary/aromatic N) is 5. The quantitative estimate of drug-likeness (QED) is 0.533. The van der Waals surface area contributed by atoms with Crippen LogP contribution in [0.15, 0.2) is 47.6 Å². The fraction of sp³-hybridized carbons (Fsp3) is 0.375. The number of piperazine rings is 1. The van der Waals surface area contributed by atoms with Gasteiger partial charge in [0.1, 0.15) is 11.6 Å². The van der Waals surface area contributed by atoms with E-state index < -0.39 is 0 Å². The number of ether oxygens (including phenoxy) is 1. The van der Waals surface area contributed by atoms with Crippen molar-refractivity contribution in [3.63, 3.8) is 0 Å². The Morgan fingerprint density at radius 3 is 2.50 bits per heavy atom. The Balaban J connectivity index is 1.39. The predicted molar refractivity (Wildman–Crippen MR) is 128 cm³/mol. The molecule has 0 saturated carbocycles. The van der Waals surface area contributed by atoms with Crippen molar-refractivity contribution in [2.24, 2.45) is 0 Å². The summed E-state index contributed by atoms with van der Waals surface area (Å²) in [6.45, 7) is 9.06. The van der Waals surface area contributed by atoms with Crippen molar-refractivity contribution in [2.75, 3.05) is 43.9 Å². The summed E-state index contributed by atoms with van der Waals surface area (Å²) < 4.78 is 7.53. The molecule has 1 aromatic heterocycles. The van der Waals surface area contributed by atoms with Gasteiger partial charge in [-0.15, -0.1) is 10.2 Å². The van der Waals surface area contributed by atoms with Gasteiger partial charge in [-0.05, 0) is 50.1 Å². The number of benzene rings is 2. The Labute approximate surface area is 193 Å². The Morgan fingerprint density at radius 2 is 1.75 bits per heavy atom. The van der Waals surface area contributed by atoms with Crippen molar-refractivity contribution in [2.45, 2.75) is 25.9 Å². The maximum atomic E-state index is 12.9.